The molecule has 2 unspecified atom stereocenters. The van der Waals surface area contributed by atoms with Crippen LogP contribution in [0.5, 0.6) is 0 Å². The number of nitrogens with zero attached hydrogens (tertiary/aromatic N) is 3. The zero-order valence-corrected chi connectivity index (χ0v) is 18.4. The Labute approximate surface area is 183 Å². The Kier molecular flexibility index (Phi) is 5.77. The van der Waals surface area contributed by atoms with E-state index < -0.39 is 0 Å². The maximum absolute atomic E-state index is 11.7. The first kappa shape index (κ1) is 21.0. The lowest BCUT2D eigenvalue weighted by Crippen LogP contribution is -2.26. The third kappa shape index (κ3) is 4.31. The first-order valence-electron chi connectivity index (χ1n) is 10.9. The molecule has 0 N–H and O–H groups in total. The van der Waals surface area contributed by atoms with Gasteiger partial charge in [0.05, 0.1) is 27.9 Å². The van der Waals surface area contributed by atoms with Gasteiger partial charge in [-0.1, -0.05) is 61.9 Å². The first-order chi connectivity index (χ1) is 14.9. The number of hydrazone groups is 1. The van der Waals surface area contributed by atoms with Crippen LogP contribution in [0.25, 0.3) is 0 Å². The van der Waals surface area contributed by atoms with Crippen LogP contribution in [-0.2, 0) is 0 Å². The third-order valence-corrected chi connectivity index (χ3v) is 6.52. The number of hydrogen-bond donors (Lipinski definition) is 0. The molecule has 1 aliphatic carbocycles. The summed E-state index contributed by atoms with van der Waals surface area (Å²) in [5.41, 5.74) is 4.33. The first-order valence-corrected chi connectivity index (χ1v) is 10.9. The topological polar surface area (TPSA) is 58.7 Å². The van der Waals surface area contributed by atoms with Crippen LogP contribution in [0.1, 0.15) is 51.6 Å². The minimum absolute atomic E-state index is 0.140. The standard InChI is InChI=1S/C26H29N3O2/c1-19-10-9-17-26(2,3)23(19)16-15-20-18-25(22-13-7-8-14-24(22)29(30)31)28(27-20)21-11-5-4-6-12-21/h4-8,10-16,23,25H,9,17-18H2,1-3H3/b16-15+. The van der Waals surface area contributed by atoms with Crippen molar-refractivity contribution in [2.24, 2.45) is 16.4 Å². The maximum Gasteiger partial charge on any atom is 0.274 e. The molecule has 0 aromatic heterocycles. The van der Waals surface area contributed by atoms with E-state index in [1.807, 2.05) is 47.5 Å². The second-order valence-electron chi connectivity index (χ2n) is 9.12. The lowest BCUT2D eigenvalue weighted by atomic mass is 9.68. The molecule has 2 atom stereocenters. The highest BCUT2D eigenvalue weighted by Gasteiger charge is 2.34. The zero-order valence-electron chi connectivity index (χ0n) is 18.4. The molecule has 0 bridgehead atoms. The highest BCUT2D eigenvalue weighted by atomic mass is 16.6. The summed E-state index contributed by atoms with van der Waals surface area (Å²) in [6, 6.07) is 16.7. The third-order valence-electron chi connectivity index (χ3n) is 6.52. The minimum Gasteiger partial charge on any atom is -0.258 e. The molecule has 0 radical (unpaired) electrons. The Morgan fingerprint density at radius 1 is 1.13 bits per heavy atom. The van der Waals surface area contributed by atoms with Crippen LogP contribution >= 0.6 is 0 Å². The van der Waals surface area contributed by atoms with Gasteiger partial charge in [-0.15, -0.1) is 0 Å². The number of hydrogen-bond acceptors (Lipinski definition) is 4. The van der Waals surface area contributed by atoms with Gasteiger partial charge in [-0.05, 0) is 49.5 Å². The molecule has 2 aromatic rings. The number of para-hydroxylation sites is 2. The van der Waals surface area contributed by atoms with Gasteiger partial charge in [0.15, 0.2) is 0 Å². The molecule has 0 fully saturated rings. The normalized spacial score (nSPS) is 23.0. The fourth-order valence-electron chi connectivity index (χ4n) is 4.82. The summed E-state index contributed by atoms with van der Waals surface area (Å²) in [6.45, 7) is 6.85. The number of benzene rings is 2. The van der Waals surface area contributed by atoms with E-state index in [-0.39, 0.29) is 22.1 Å². The number of nitro groups is 1. The quantitative estimate of drug-likeness (QED) is 0.305. The molecule has 1 heterocycles. The predicted octanol–water partition coefficient (Wildman–Crippen LogP) is 6.84. The van der Waals surface area contributed by atoms with E-state index in [1.165, 1.54) is 12.0 Å². The van der Waals surface area contributed by atoms with Crippen LogP contribution in [0.4, 0.5) is 11.4 Å². The summed E-state index contributed by atoms with van der Waals surface area (Å²) in [5.74, 6) is 0.374. The number of nitro benzene ring substituents is 1. The van der Waals surface area contributed by atoms with Crippen LogP contribution in [0.15, 0.2) is 83.5 Å². The molecular formula is C26H29N3O2. The van der Waals surface area contributed by atoms with Crippen LogP contribution in [0, 0.1) is 21.4 Å². The van der Waals surface area contributed by atoms with Crippen molar-refractivity contribution in [1.82, 2.24) is 0 Å². The van der Waals surface area contributed by atoms with E-state index in [0.29, 0.717) is 17.9 Å². The fourth-order valence-corrected chi connectivity index (χ4v) is 4.82. The summed E-state index contributed by atoms with van der Waals surface area (Å²) in [6.07, 6.45) is 9.66. The van der Waals surface area contributed by atoms with Gasteiger partial charge in [0, 0.05) is 18.4 Å². The second-order valence-corrected chi connectivity index (χ2v) is 9.12. The lowest BCUT2D eigenvalue weighted by molar-refractivity contribution is -0.385. The van der Waals surface area contributed by atoms with Gasteiger partial charge >= 0.3 is 0 Å². The van der Waals surface area contributed by atoms with Gasteiger partial charge in [0.2, 0.25) is 0 Å². The van der Waals surface area contributed by atoms with Crippen molar-refractivity contribution in [3.05, 3.63) is 94.1 Å². The van der Waals surface area contributed by atoms with E-state index in [4.69, 9.17) is 5.10 Å². The van der Waals surface area contributed by atoms with Crippen molar-refractivity contribution in [1.29, 1.82) is 0 Å². The van der Waals surface area contributed by atoms with Gasteiger partial charge in [0.1, 0.15) is 0 Å². The molecular weight excluding hydrogens is 386 g/mol. The van der Waals surface area contributed by atoms with Crippen molar-refractivity contribution in [3.8, 4) is 0 Å². The minimum atomic E-state index is -0.301. The monoisotopic (exact) mass is 415 g/mol. The molecule has 0 spiro atoms. The molecule has 0 saturated heterocycles. The summed E-state index contributed by atoms with van der Waals surface area (Å²) >= 11 is 0. The molecule has 5 nitrogen and oxygen atoms in total. The lowest BCUT2D eigenvalue weighted by Gasteiger charge is -2.36. The van der Waals surface area contributed by atoms with E-state index in [9.17, 15) is 10.1 Å². The molecule has 5 heteroatoms. The maximum atomic E-state index is 11.7. The summed E-state index contributed by atoms with van der Waals surface area (Å²) in [5, 5.41) is 18.5. The van der Waals surface area contributed by atoms with Crippen LogP contribution in [0.2, 0.25) is 0 Å². The summed E-state index contributed by atoms with van der Waals surface area (Å²) in [7, 11) is 0. The van der Waals surface area contributed by atoms with Crippen molar-refractivity contribution < 1.29 is 4.92 Å². The smallest absolute Gasteiger partial charge is 0.258 e. The van der Waals surface area contributed by atoms with Crippen molar-refractivity contribution >= 4 is 17.1 Å². The fraction of sp³-hybridized carbons (Fsp3) is 0.346. The SMILES string of the molecule is CC1=CCCC(C)(C)C1/C=C/C1=NN(c2ccccc2)C(c2ccccc2[N+](=O)[O-])C1. The highest BCUT2D eigenvalue weighted by molar-refractivity contribution is 5.98. The molecule has 2 aromatic carbocycles. The highest BCUT2D eigenvalue weighted by Crippen LogP contribution is 2.43. The van der Waals surface area contributed by atoms with E-state index in [0.717, 1.165) is 17.8 Å². The average Bonchev–Trinajstić information content (AvgIpc) is 3.17. The molecule has 1 aliphatic heterocycles. The Morgan fingerprint density at radius 3 is 2.55 bits per heavy atom. The van der Waals surface area contributed by atoms with Crippen molar-refractivity contribution in [2.75, 3.05) is 5.01 Å². The van der Waals surface area contributed by atoms with Gasteiger partial charge in [-0.25, -0.2) is 0 Å². The van der Waals surface area contributed by atoms with Gasteiger partial charge in [-0.3, -0.25) is 15.1 Å². The van der Waals surface area contributed by atoms with Gasteiger partial charge in [0.25, 0.3) is 5.69 Å². The summed E-state index contributed by atoms with van der Waals surface area (Å²) in [4.78, 5) is 11.4. The van der Waals surface area contributed by atoms with Crippen molar-refractivity contribution in [2.45, 2.75) is 46.1 Å². The molecule has 0 amide bonds. The molecule has 4 rings (SSSR count). The van der Waals surface area contributed by atoms with E-state index in [1.54, 1.807) is 12.1 Å². The largest absolute Gasteiger partial charge is 0.274 e. The van der Waals surface area contributed by atoms with Crippen LogP contribution in [-0.4, -0.2) is 10.6 Å². The van der Waals surface area contributed by atoms with Gasteiger partial charge < -0.3 is 0 Å². The van der Waals surface area contributed by atoms with E-state index >= 15 is 0 Å². The van der Waals surface area contributed by atoms with Crippen LogP contribution < -0.4 is 5.01 Å². The Bertz CT molecular complexity index is 1050. The van der Waals surface area contributed by atoms with E-state index in [2.05, 4.69) is 39.0 Å². The number of anilines is 1. The summed E-state index contributed by atoms with van der Waals surface area (Å²) < 4.78 is 0. The number of allylic oxidation sites excluding steroid dienone is 4. The Hall–Kier alpha value is -3.21. The Morgan fingerprint density at radius 2 is 1.84 bits per heavy atom. The Balaban J connectivity index is 1.69. The average molecular weight is 416 g/mol. The molecule has 31 heavy (non-hydrogen) atoms. The van der Waals surface area contributed by atoms with Gasteiger partial charge in [-0.2, -0.15) is 5.10 Å². The molecule has 0 saturated carbocycles. The molecule has 160 valence electrons. The zero-order chi connectivity index (χ0) is 22.0. The second kappa shape index (κ2) is 8.50. The molecule has 2 aliphatic rings. The predicted molar refractivity (Wildman–Crippen MR) is 126 cm³/mol. The van der Waals surface area contributed by atoms with Crippen LogP contribution in [0.3, 0.4) is 0 Å². The van der Waals surface area contributed by atoms with Crippen molar-refractivity contribution in [3.63, 3.8) is 0 Å². The number of rotatable bonds is 5.